The van der Waals surface area contributed by atoms with Crippen LogP contribution in [-0.2, 0) is 4.79 Å². The van der Waals surface area contributed by atoms with Crippen molar-refractivity contribution >= 4 is 11.6 Å². The van der Waals surface area contributed by atoms with Gasteiger partial charge in [-0.1, -0.05) is 0 Å². The van der Waals surface area contributed by atoms with E-state index in [1.54, 1.807) is 6.07 Å². The number of nitriles is 1. The van der Waals surface area contributed by atoms with E-state index in [9.17, 15) is 4.79 Å². The summed E-state index contributed by atoms with van der Waals surface area (Å²) < 4.78 is 10.6. The molecule has 0 radical (unpaired) electrons. The molecule has 0 atom stereocenters. The van der Waals surface area contributed by atoms with Crippen molar-refractivity contribution in [1.29, 1.82) is 5.26 Å². The van der Waals surface area contributed by atoms with Crippen LogP contribution in [0.1, 0.15) is 19.3 Å². The van der Waals surface area contributed by atoms with Crippen molar-refractivity contribution in [3.63, 3.8) is 0 Å². The third kappa shape index (κ3) is 3.31. The van der Waals surface area contributed by atoms with Gasteiger partial charge in [-0.25, -0.2) is 0 Å². The molecular formula is C16H19N3O3. The van der Waals surface area contributed by atoms with Crippen LogP contribution in [0.25, 0.3) is 0 Å². The predicted molar refractivity (Wildman–Crippen MR) is 80.6 cm³/mol. The Morgan fingerprint density at radius 3 is 2.86 bits per heavy atom. The highest BCUT2D eigenvalue weighted by Gasteiger charge is 2.25. The quantitative estimate of drug-likeness (QED) is 0.920. The lowest BCUT2D eigenvalue weighted by atomic mass is 9.95. The van der Waals surface area contributed by atoms with Gasteiger partial charge in [-0.05, 0) is 38.1 Å². The fraction of sp³-hybridized carbons (Fsp3) is 0.500. The molecule has 2 heterocycles. The highest BCUT2D eigenvalue weighted by molar-refractivity contribution is 5.93. The fourth-order valence-corrected chi connectivity index (χ4v) is 2.85. The highest BCUT2D eigenvalue weighted by Crippen LogP contribution is 2.34. The van der Waals surface area contributed by atoms with Crippen molar-refractivity contribution in [2.75, 3.05) is 31.7 Å². The number of anilines is 1. The fourth-order valence-electron chi connectivity index (χ4n) is 2.85. The van der Waals surface area contributed by atoms with Gasteiger partial charge >= 0.3 is 0 Å². The van der Waals surface area contributed by atoms with E-state index in [0.717, 1.165) is 38.2 Å². The van der Waals surface area contributed by atoms with E-state index in [-0.39, 0.29) is 18.6 Å². The second kappa shape index (κ2) is 6.67. The first kappa shape index (κ1) is 14.7. The molecule has 1 amide bonds. The minimum absolute atomic E-state index is 0.0313. The van der Waals surface area contributed by atoms with Crippen molar-refractivity contribution in [2.45, 2.75) is 19.3 Å². The first-order valence-electron chi connectivity index (χ1n) is 7.56. The molecule has 0 saturated carbocycles. The third-order valence-electron chi connectivity index (χ3n) is 4.14. The summed E-state index contributed by atoms with van der Waals surface area (Å²) in [5.74, 6) is 1.47. The second-order valence-electron chi connectivity index (χ2n) is 5.58. The lowest BCUT2D eigenvalue weighted by Crippen LogP contribution is -2.38. The Balaban J connectivity index is 1.52. The Labute approximate surface area is 129 Å². The van der Waals surface area contributed by atoms with Gasteiger partial charge in [0.25, 0.3) is 0 Å². The number of piperidine rings is 1. The lowest BCUT2D eigenvalue weighted by molar-refractivity contribution is -0.121. The maximum absolute atomic E-state index is 12.3. The third-order valence-corrected chi connectivity index (χ3v) is 4.14. The maximum atomic E-state index is 12.3. The number of fused-ring (bicyclic) bond motifs is 1. The number of benzene rings is 1. The van der Waals surface area contributed by atoms with Crippen LogP contribution < -0.4 is 14.8 Å². The van der Waals surface area contributed by atoms with Gasteiger partial charge in [0.05, 0.1) is 6.07 Å². The van der Waals surface area contributed by atoms with Crippen LogP contribution in [0.15, 0.2) is 18.2 Å². The molecule has 116 valence electrons. The van der Waals surface area contributed by atoms with Gasteiger partial charge in [-0.2, -0.15) is 5.26 Å². The molecule has 2 aliphatic heterocycles. The number of hydrogen-bond acceptors (Lipinski definition) is 5. The summed E-state index contributed by atoms with van der Waals surface area (Å²) in [5, 5.41) is 11.6. The zero-order valence-electron chi connectivity index (χ0n) is 12.4. The van der Waals surface area contributed by atoms with E-state index in [2.05, 4.69) is 16.3 Å². The molecule has 1 N–H and O–H groups in total. The van der Waals surface area contributed by atoms with Gasteiger partial charge in [0.2, 0.25) is 12.7 Å². The topological polar surface area (TPSA) is 74.6 Å². The number of hydrogen-bond donors (Lipinski definition) is 1. The molecule has 6 nitrogen and oxygen atoms in total. The van der Waals surface area contributed by atoms with Crippen LogP contribution in [-0.4, -0.2) is 37.2 Å². The van der Waals surface area contributed by atoms with Crippen molar-refractivity contribution in [1.82, 2.24) is 4.90 Å². The smallest absolute Gasteiger partial charge is 0.231 e. The van der Waals surface area contributed by atoms with E-state index in [1.165, 1.54) is 0 Å². The zero-order chi connectivity index (χ0) is 15.4. The van der Waals surface area contributed by atoms with Crippen LogP contribution in [0.5, 0.6) is 11.5 Å². The Kier molecular flexibility index (Phi) is 4.45. The summed E-state index contributed by atoms with van der Waals surface area (Å²) in [5.41, 5.74) is 0.737. The maximum Gasteiger partial charge on any atom is 0.231 e. The van der Waals surface area contributed by atoms with Gasteiger partial charge in [-0.15, -0.1) is 0 Å². The molecule has 22 heavy (non-hydrogen) atoms. The average molecular weight is 301 g/mol. The van der Waals surface area contributed by atoms with Crippen LogP contribution >= 0.6 is 0 Å². The number of nitrogens with zero attached hydrogens (tertiary/aromatic N) is 2. The molecule has 1 fully saturated rings. The molecule has 0 aliphatic carbocycles. The van der Waals surface area contributed by atoms with Gasteiger partial charge in [0.15, 0.2) is 11.5 Å². The molecule has 1 aromatic rings. The second-order valence-corrected chi connectivity index (χ2v) is 5.58. The minimum Gasteiger partial charge on any atom is -0.454 e. The van der Waals surface area contributed by atoms with Crippen molar-refractivity contribution in [2.24, 2.45) is 5.92 Å². The molecule has 0 bridgehead atoms. The van der Waals surface area contributed by atoms with Crippen LogP contribution in [0.2, 0.25) is 0 Å². The predicted octanol–water partition coefficient (Wildman–Crippen LogP) is 1.98. The Bertz CT molecular complexity index is 589. The molecule has 1 saturated heterocycles. The summed E-state index contributed by atoms with van der Waals surface area (Å²) in [4.78, 5) is 14.6. The van der Waals surface area contributed by atoms with E-state index >= 15 is 0 Å². The molecule has 2 aliphatic rings. The molecule has 3 rings (SSSR count). The van der Waals surface area contributed by atoms with Crippen LogP contribution in [0, 0.1) is 17.2 Å². The van der Waals surface area contributed by atoms with Gasteiger partial charge in [0, 0.05) is 30.6 Å². The highest BCUT2D eigenvalue weighted by atomic mass is 16.7. The summed E-state index contributed by atoms with van der Waals surface area (Å²) in [7, 11) is 0. The Hall–Kier alpha value is -2.26. The molecular weight excluding hydrogens is 282 g/mol. The minimum atomic E-state index is 0.0313. The van der Waals surface area contributed by atoms with E-state index in [0.29, 0.717) is 17.9 Å². The lowest BCUT2D eigenvalue weighted by Gasteiger charge is -2.30. The van der Waals surface area contributed by atoms with Crippen molar-refractivity contribution in [3.05, 3.63) is 18.2 Å². The number of likely N-dealkylation sites (tertiary alicyclic amines) is 1. The van der Waals surface area contributed by atoms with Gasteiger partial charge in [-0.3, -0.25) is 4.79 Å². The first-order chi connectivity index (χ1) is 10.8. The van der Waals surface area contributed by atoms with E-state index in [1.807, 2.05) is 12.1 Å². The monoisotopic (exact) mass is 301 g/mol. The van der Waals surface area contributed by atoms with Crippen LogP contribution in [0.3, 0.4) is 0 Å². The summed E-state index contributed by atoms with van der Waals surface area (Å²) >= 11 is 0. The summed E-state index contributed by atoms with van der Waals surface area (Å²) in [6.07, 6.45) is 2.22. The largest absolute Gasteiger partial charge is 0.454 e. The van der Waals surface area contributed by atoms with Crippen molar-refractivity contribution in [3.8, 4) is 17.6 Å². The number of rotatable bonds is 4. The number of carbonyl (C=O) groups excluding carboxylic acids is 1. The Morgan fingerprint density at radius 1 is 1.32 bits per heavy atom. The first-order valence-corrected chi connectivity index (χ1v) is 7.56. The van der Waals surface area contributed by atoms with E-state index in [4.69, 9.17) is 14.7 Å². The average Bonchev–Trinajstić information content (AvgIpc) is 3.01. The van der Waals surface area contributed by atoms with Gasteiger partial charge in [0.1, 0.15) is 0 Å². The Morgan fingerprint density at radius 2 is 2.09 bits per heavy atom. The molecule has 0 unspecified atom stereocenters. The molecule has 1 aromatic carbocycles. The van der Waals surface area contributed by atoms with Gasteiger partial charge < -0.3 is 19.7 Å². The SMILES string of the molecule is N#CCCN1CCC(C(=O)Nc2ccc3c(c2)OCO3)CC1. The van der Waals surface area contributed by atoms with Crippen LogP contribution in [0.4, 0.5) is 5.69 Å². The number of carbonyl (C=O) groups is 1. The van der Waals surface area contributed by atoms with Crippen molar-refractivity contribution < 1.29 is 14.3 Å². The molecule has 6 heteroatoms. The summed E-state index contributed by atoms with van der Waals surface area (Å²) in [6, 6.07) is 7.59. The number of nitrogens with one attached hydrogen (secondary N) is 1. The molecule has 0 spiro atoms. The van der Waals surface area contributed by atoms with E-state index < -0.39 is 0 Å². The molecule has 0 aromatic heterocycles. The number of amides is 1. The number of ether oxygens (including phenoxy) is 2. The summed E-state index contributed by atoms with van der Waals surface area (Å²) in [6.45, 7) is 2.78. The normalized spacial score (nSPS) is 18.0. The standard InChI is InChI=1S/C16H19N3O3/c17-6-1-7-19-8-4-12(5-9-19)16(20)18-13-2-3-14-15(10-13)22-11-21-14/h2-3,10,12H,1,4-5,7-9,11H2,(H,18,20). The zero-order valence-corrected chi connectivity index (χ0v) is 12.4.